The van der Waals surface area contributed by atoms with Crippen molar-refractivity contribution in [3.05, 3.63) is 46.8 Å². The van der Waals surface area contributed by atoms with Crippen LogP contribution in [0.25, 0.3) is 22.3 Å². The number of aryl methyl sites for hydroxylation is 2. The van der Waals surface area contributed by atoms with Gasteiger partial charge in [0.25, 0.3) is 0 Å². The molecule has 0 saturated carbocycles. The minimum Gasteiger partial charge on any atom is -0.206 e. The Hall–Kier alpha value is -1.77. The molecule has 2 aromatic carbocycles. The second-order valence-corrected chi connectivity index (χ2v) is 6.25. The van der Waals surface area contributed by atoms with Crippen molar-refractivity contribution in [3.8, 4) is 22.3 Å². The summed E-state index contributed by atoms with van der Waals surface area (Å²) in [5, 5.41) is 0. The average Bonchev–Trinajstić information content (AvgIpc) is 2.52. The van der Waals surface area contributed by atoms with Crippen LogP contribution in [-0.4, -0.2) is 0 Å². The fraction of sp³-hybridized carbons (Fsp3) is 0.400. The number of hydrogen-bond acceptors (Lipinski definition) is 0. The summed E-state index contributed by atoms with van der Waals surface area (Å²) >= 11 is 0. The lowest BCUT2D eigenvalue weighted by atomic mass is 9.77. The minimum absolute atomic E-state index is 0.118. The molecular weight excluding hydrogens is 297 g/mol. The van der Waals surface area contributed by atoms with Gasteiger partial charge in [-0.2, -0.15) is 0 Å². The quantitative estimate of drug-likeness (QED) is 0.459. The van der Waals surface area contributed by atoms with Crippen LogP contribution in [-0.2, 0) is 12.8 Å². The third-order valence-electron chi connectivity index (χ3n) is 4.61. The summed E-state index contributed by atoms with van der Waals surface area (Å²) in [6.45, 7) is 4.04. The molecule has 0 spiro atoms. The number of hydrogen-bond donors (Lipinski definition) is 0. The van der Waals surface area contributed by atoms with Gasteiger partial charge in [0.2, 0.25) is 0 Å². The summed E-state index contributed by atoms with van der Waals surface area (Å²) in [7, 11) is 0. The normalized spacial score (nSPS) is 11.9. The van der Waals surface area contributed by atoms with E-state index in [1.165, 1.54) is 0 Å². The third-order valence-corrected chi connectivity index (χ3v) is 4.61. The van der Waals surface area contributed by atoms with Crippen LogP contribution in [0.15, 0.2) is 18.2 Å². The zero-order valence-corrected chi connectivity index (χ0v) is 13.6. The first-order chi connectivity index (χ1) is 11.1. The Morgan fingerprint density at radius 3 is 2.13 bits per heavy atom. The van der Waals surface area contributed by atoms with Crippen molar-refractivity contribution in [2.75, 3.05) is 0 Å². The molecule has 3 rings (SSSR count). The molecule has 0 bridgehead atoms. The molecule has 0 amide bonds. The number of fused-ring (bicyclic) bond motifs is 4. The molecule has 2 aromatic rings. The van der Waals surface area contributed by atoms with E-state index in [1.807, 2.05) is 13.0 Å². The molecule has 1 aliphatic rings. The molecule has 122 valence electrons. The van der Waals surface area contributed by atoms with Crippen molar-refractivity contribution < 1.29 is 13.2 Å². The molecule has 0 radical (unpaired) electrons. The predicted molar refractivity (Wildman–Crippen MR) is 88.0 cm³/mol. The summed E-state index contributed by atoms with van der Waals surface area (Å²) in [4.78, 5) is 0. The highest BCUT2D eigenvalue weighted by Gasteiger charge is 2.33. The standard InChI is InChI=1S/C20H21F3/c1-3-5-6-8-13-11-15-14-10-9-12(7-4-2)18(21)16(14)17(15)20(23)19(13)22/h9-11H,3-8H2,1-2H3. The SMILES string of the molecule is CCCCCc1cc2c(c(F)c1F)-c1c-2ccc(CCC)c1F. The van der Waals surface area contributed by atoms with Crippen molar-refractivity contribution in [1.82, 2.24) is 0 Å². The molecular formula is C20H21F3. The number of rotatable bonds is 6. The van der Waals surface area contributed by atoms with E-state index in [1.54, 1.807) is 12.1 Å². The van der Waals surface area contributed by atoms with Crippen LogP contribution in [0.4, 0.5) is 13.2 Å². The van der Waals surface area contributed by atoms with E-state index < -0.39 is 17.5 Å². The van der Waals surface area contributed by atoms with Gasteiger partial charge in [-0.05, 0) is 47.6 Å². The second-order valence-electron chi connectivity index (χ2n) is 6.25. The first kappa shape index (κ1) is 16.1. The van der Waals surface area contributed by atoms with Gasteiger partial charge in [0.15, 0.2) is 11.6 Å². The predicted octanol–water partition coefficient (Wildman–Crippen LogP) is 6.44. The van der Waals surface area contributed by atoms with Gasteiger partial charge in [0.1, 0.15) is 5.82 Å². The second kappa shape index (κ2) is 6.38. The maximum absolute atomic E-state index is 14.6. The van der Waals surface area contributed by atoms with Gasteiger partial charge in [-0.15, -0.1) is 0 Å². The molecule has 3 heteroatoms. The maximum atomic E-state index is 14.6. The lowest BCUT2D eigenvalue weighted by molar-refractivity contribution is 0.497. The van der Waals surface area contributed by atoms with E-state index in [-0.39, 0.29) is 11.1 Å². The van der Waals surface area contributed by atoms with E-state index in [4.69, 9.17) is 0 Å². The zero-order valence-electron chi connectivity index (χ0n) is 13.6. The van der Waals surface area contributed by atoms with E-state index >= 15 is 0 Å². The van der Waals surface area contributed by atoms with Crippen molar-refractivity contribution in [1.29, 1.82) is 0 Å². The van der Waals surface area contributed by atoms with Crippen LogP contribution in [0, 0.1) is 17.5 Å². The average molecular weight is 318 g/mol. The van der Waals surface area contributed by atoms with Gasteiger partial charge < -0.3 is 0 Å². The fourth-order valence-corrected chi connectivity index (χ4v) is 3.37. The molecule has 0 saturated heterocycles. The first-order valence-electron chi connectivity index (χ1n) is 8.43. The Morgan fingerprint density at radius 1 is 0.696 bits per heavy atom. The Bertz CT molecular complexity index is 747. The summed E-state index contributed by atoms with van der Waals surface area (Å²) in [5.74, 6) is -2.10. The number of benzene rings is 2. The molecule has 0 N–H and O–H groups in total. The smallest absolute Gasteiger partial charge is 0.167 e. The molecule has 0 fully saturated rings. The van der Waals surface area contributed by atoms with Crippen LogP contribution >= 0.6 is 0 Å². The van der Waals surface area contributed by atoms with Crippen LogP contribution in [0.3, 0.4) is 0 Å². The Balaban J connectivity index is 2.01. The maximum Gasteiger partial charge on any atom is 0.167 e. The van der Waals surface area contributed by atoms with Crippen LogP contribution in [0.5, 0.6) is 0 Å². The lowest BCUT2D eigenvalue weighted by Gasteiger charge is -2.27. The van der Waals surface area contributed by atoms with Gasteiger partial charge in [-0.3, -0.25) is 0 Å². The monoisotopic (exact) mass is 318 g/mol. The van der Waals surface area contributed by atoms with Crippen LogP contribution in [0.1, 0.15) is 50.7 Å². The molecule has 0 atom stereocenters. The van der Waals surface area contributed by atoms with E-state index in [0.717, 1.165) is 25.7 Å². The summed E-state index contributed by atoms with van der Waals surface area (Å²) in [5.41, 5.74) is 2.69. The van der Waals surface area contributed by atoms with E-state index in [9.17, 15) is 13.2 Å². The van der Waals surface area contributed by atoms with Gasteiger partial charge in [-0.25, -0.2) is 13.2 Å². The van der Waals surface area contributed by atoms with Gasteiger partial charge in [0, 0.05) is 11.1 Å². The highest BCUT2D eigenvalue weighted by molar-refractivity contribution is 6.03. The largest absolute Gasteiger partial charge is 0.206 e. The molecule has 0 heterocycles. The van der Waals surface area contributed by atoms with Gasteiger partial charge in [0.05, 0.1) is 0 Å². The molecule has 0 aliphatic heterocycles. The Kier molecular flexibility index (Phi) is 4.47. The highest BCUT2D eigenvalue weighted by Crippen LogP contribution is 2.51. The van der Waals surface area contributed by atoms with Crippen molar-refractivity contribution in [2.24, 2.45) is 0 Å². The van der Waals surface area contributed by atoms with Gasteiger partial charge >= 0.3 is 0 Å². The van der Waals surface area contributed by atoms with E-state index in [2.05, 4.69) is 6.92 Å². The van der Waals surface area contributed by atoms with Gasteiger partial charge in [-0.1, -0.05) is 45.2 Å². The number of unbranched alkanes of at least 4 members (excludes halogenated alkanes) is 2. The summed E-state index contributed by atoms with van der Waals surface area (Å²) in [6, 6.07) is 5.29. The molecule has 1 aliphatic carbocycles. The minimum atomic E-state index is -0.894. The Morgan fingerprint density at radius 2 is 1.43 bits per heavy atom. The lowest BCUT2D eigenvalue weighted by Crippen LogP contribution is -2.10. The first-order valence-corrected chi connectivity index (χ1v) is 8.43. The number of halogens is 3. The molecule has 0 unspecified atom stereocenters. The Labute approximate surface area is 135 Å². The molecule has 23 heavy (non-hydrogen) atoms. The van der Waals surface area contributed by atoms with Crippen LogP contribution in [0.2, 0.25) is 0 Å². The fourth-order valence-electron chi connectivity index (χ4n) is 3.37. The van der Waals surface area contributed by atoms with E-state index in [0.29, 0.717) is 35.1 Å². The van der Waals surface area contributed by atoms with Crippen molar-refractivity contribution >= 4 is 0 Å². The van der Waals surface area contributed by atoms with Crippen molar-refractivity contribution in [3.63, 3.8) is 0 Å². The molecule has 0 aromatic heterocycles. The zero-order chi connectivity index (χ0) is 16.6. The summed E-state index contributed by atoms with van der Waals surface area (Å²) < 4.78 is 43.3. The van der Waals surface area contributed by atoms with Crippen molar-refractivity contribution in [2.45, 2.75) is 52.4 Å². The summed E-state index contributed by atoms with van der Waals surface area (Å²) in [6.07, 6.45) is 4.80. The highest BCUT2D eigenvalue weighted by atomic mass is 19.2. The molecule has 0 nitrogen and oxygen atoms in total. The topological polar surface area (TPSA) is 0 Å². The van der Waals surface area contributed by atoms with Crippen LogP contribution < -0.4 is 0 Å². The third kappa shape index (κ3) is 2.56.